The van der Waals surface area contributed by atoms with E-state index < -0.39 is 6.04 Å². The maximum Gasteiger partial charge on any atom is 0.239 e. The summed E-state index contributed by atoms with van der Waals surface area (Å²) in [5.41, 5.74) is 5.92. The van der Waals surface area contributed by atoms with Crippen LogP contribution in [-0.4, -0.2) is 37.1 Å². The first-order chi connectivity index (χ1) is 8.69. The van der Waals surface area contributed by atoms with Crippen molar-refractivity contribution in [1.29, 1.82) is 0 Å². The molecule has 0 bridgehead atoms. The standard InChI is InChI=1S/C13H22N2O2S/c1-3-15(10-11-6-5-9-18-11)13(16)12(14)7-4-8-17-2/h5-6,9,12H,3-4,7-8,10,14H2,1-2H3. The van der Waals surface area contributed by atoms with E-state index in [-0.39, 0.29) is 5.91 Å². The Morgan fingerprint density at radius 1 is 1.61 bits per heavy atom. The van der Waals surface area contributed by atoms with E-state index >= 15 is 0 Å². The summed E-state index contributed by atoms with van der Waals surface area (Å²) >= 11 is 1.66. The van der Waals surface area contributed by atoms with Crippen molar-refractivity contribution in [2.24, 2.45) is 5.73 Å². The highest BCUT2D eigenvalue weighted by atomic mass is 32.1. The molecule has 1 heterocycles. The van der Waals surface area contributed by atoms with Gasteiger partial charge in [0.15, 0.2) is 0 Å². The summed E-state index contributed by atoms with van der Waals surface area (Å²) in [6, 6.07) is 3.62. The third-order valence-electron chi connectivity index (χ3n) is 2.80. The number of carbonyl (C=O) groups is 1. The molecule has 102 valence electrons. The van der Waals surface area contributed by atoms with Crippen LogP contribution < -0.4 is 5.73 Å². The molecule has 0 spiro atoms. The average molecular weight is 270 g/mol. The van der Waals surface area contributed by atoms with Crippen molar-refractivity contribution in [3.63, 3.8) is 0 Å². The van der Waals surface area contributed by atoms with Gasteiger partial charge in [-0.25, -0.2) is 0 Å². The lowest BCUT2D eigenvalue weighted by atomic mass is 10.1. The minimum absolute atomic E-state index is 0.0296. The number of hydrogen-bond acceptors (Lipinski definition) is 4. The lowest BCUT2D eigenvalue weighted by Gasteiger charge is -2.23. The Labute approximate surface area is 113 Å². The number of ether oxygens (including phenoxy) is 1. The van der Waals surface area contributed by atoms with E-state index in [2.05, 4.69) is 0 Å². The quantitative estimate of drug-likeness (QED) is 0.733. The zero-order valence-electron chi connectivity index (χ0n) is 11.1. The van der Waals surface area contributed by atoms with Crippen LogP contribution in [0.3, 0.4) is 0 Å². The Kier molecular flexibility index (Phi) is 6.93. The van der Waals surface area contributed by atoms with Gasteiger partial charge >= 0.3 is 0 Å². The molecule has 0 aliphatic rings. The van der Waals surface area contributed by atoms with Crippen molar-refractivity contribution in [2.75, 3.05) is 20.3 Å². The van der Waals surface area contributed by atoms with Crippen molar-refractivity contribution in [3.05, 3.63) is 22.4 Å². The van der Waals surface area contributed by atoms with Crippen LogP contribution in [-0.2, 0) is 16.1 Å². The van der Waals surface area contributed by atoms with E-state index in [1.165, 1.54) is 4.88 Å². The Balaban J connectivity index is 2.45. The first kappa shape index (κ1) is 15.1. The van der Waals surface area contributed by atoms with Gasteiger partial charge in [-0.15, -0.1) is 11.3 Å². The molecule has 5 heteroatoms. The predicted octanol–water partition coefficient (Wildman–Crippen LogP) is 1.85. The van der Waals surface area contributed by atoms with E-state index in [0.717, 1.165) is 6.42 Å². The summed E-state index contributed by atoms with van der Waals surface area (Å²) in [6.45, 7) is 3.98. The lowest BCUT2D eigenvalue weighted by Crippen LogP contribution is -2.43. The molecule has 0 aliphatic carbocycles. The third-order valence-corrected chi connectivity index (χ3v) is 3.66. The molecule has 18 heavy (non-hydrogen) atoms. The van der Waals surface area contributed by atoms with Crippen LogP contribution in [0.4, 0.5) is 0 Å². The van der Waals surface area contributed by atoms with Crippen molar-refractivity contribution < 1.29 is 9.53 Å². The summed E-state index contributed by atoms with van der Waals surface area (Å²) < 4.78 is 4.97. The first-order valence-electron chi connectivity index (χ1n) is 6.24. The number of nitrogens with two attached hydrogens (primary N) is 1. The van der Waals surface area contributed by atoms with E-state index in [0.29, 0.717) is 26.1 Å². The van der Waals surface area contributed by atoms with Crippen LogP contribution in [0.15, 0.2) is 17.5 Å². The third kappa shape index (κ3) is 4.76. The van der Waals surface area contributed by atoms with Gasteiger partial charge in [-0.3, -0.25) is 4.79 Å². The summed E-state index contributed by atoms with van der Waals surface area (Å²) in [5.74, 6) is 0.0296. The number of nitrogens with zero attached hydrogens (tertiary/aromatic N) is 1. The molecule has 1 rings (SSSR count). The minimum Gasteiger partial charge on any atom is -0.385 e. The molecule has 0 saturated heterocycles. The minimum atomic E-state index is -0.417. The molecule has 1 aromatic rings. The van der Waals surface area contributed by atoms with E-state index in [9.17, 15) is 4.79 Å². The van der Waals surface area contributed by atoms with Gasteiger partial charge in [0, 0.05) is 25.1 Å². The van der Waals surface area contributed by atoms with Gasteiger partial charge in [0.2, 0.25) is 5.91 Å². The second kappa shape index (κ2) is 8.24. The fraction of sp³-hybridized carbons (Fsp3) is 0.615. The average Bonchev–Trinajstić information content (AvgIpc) is 2.88. The molecule has 1 aromatic heterocycles. The van der Waals surface area contributed by atoms with Gasteiger partial charge in [0.1, 0.15) is 0 Å². The van der Waals surface area contributed by atoms with Crippen LogP contribution in [0.1, 0.15) is 24.6 Å². The monoisotopic (exact) mass is 270 g/mol. The Hall–Kier alpha value is -0.910. The Morgan fingerprint density at radius 3 is 2.94 bits per heavy atom. The second-order valence-electron chi connectivity index (χ2n) is 4.17. The molecule has 0 saturated carbocycles. The van der Waals surface area contributed by atoms with E-state index in [1.807, 2.05) is 29.3 Å². The molecule has 1 unspecified atom stereocenters. The maximum absolute atomic E-state index is 12.2. The van der Waals surface area contributed by atoms with Crippen LogP contribution >= 0.6 is 11.3 Å². The van der Waals surface area contributed by atoms with Gasteiger partial charge in [-0.2, -0.15) is 0 Å². The van der Waals surface area contributed by atoms with E-state index in [4.69, 9.17) is 10.5 Å². The maximum atomic E-state index is 12.2. The molecular formula is C13H22N2O2S. The van der Waals surface area contributed by atoms with E-state index in [1.54, 1.807) is 18.4 Å². The van der Waals surface area contributed by atoms with Gasteiger partial charge in [-0.1, -0.05) is 6.07 Å². The number of thiophene rings is 1. The molecule has 0 aromatic carbocycles. The Bertz CT molecular complexity index is 341. The lowest BCUT2D eigenvalue weighted by molar-refractivity contribution is -0.133. The zero-order valence-corrected chi connectivity index (χ0v) is 11.9. The highest BCUT2D eigenvalue weighted by Gasteiger charge is 2.19. The van der Waals surface area contributed by atoms with Crippen LogP contribution in [0, 0.1) is 0 Å². The number of methoxy groups -OCH3 is 1. The summed E-state index contributed by atoms with van der Waals surface area (Å²) in [5, 5.41) is 2.02. The molecule has 0 radical (unpaired) electrons. The van der Waals surface area contributed by atoms with Crippen molar-refractivity contribution in [3.8, 4) is 0 Å². The topological polar surface area (TPSA) is 55.6 Å². The fourth-order valence-electron chi connectivity index (χ4n) is 1.74. The number of carbonyl (C=O) groups excluding carboxylic acids is 1. The molecule has 0 aliphatic heterocycles. The van der Waals surface area contributed by atoms with Crippen molar-refractivity contribution in [2.45, 2.75) is 32.4 Å². The summed E-state index contributed by atoms with van der Waals surface area (Å²) in [6.07, 6.45) is 1.49. The molecule has 1 atom stereocenters. The smallest absolute Gasteiger partial charge is 0.239 e. The van der Waals surface area contributed by atoms with Gasteiger partial charge in [0.25, 0.3) is 0 Å². The Morgan fingerprint density at radius 2 is 2.39 bits per heavy atom. The van der Waals surface area contributed by atoms with Crippen LogP contribution in [0.5, 0.6) is 0 Å². The summed E-state index contributed by atoms with van der Waals surface area (Å²) in [7, 11) is 1.66. The molecular weight excluding hydrogens is 248 g/mol. The summed E-state index contributed by atoms with van der Waals surface area (Å²) in [4.78, 5) is 15.2. The largest absolute Gasteiger partial charge is 0.385 e. The highest BCUT2D eigenvalue weighted by molar-refractivity contribution is 7.09. The molecule has 0 fully saturated rings. The van der Waals surface area contributed by atoms with Crippen molar-refractivity contribution >= 4 is 17.2 Å². The molecule has 1 amide bonds. The van der Waals surface area contributed by atoms with Crippen LogP contribution in [0.25, 0.3) is 0 Å². The van der Waals surface area contributed by atoms with Gasteiger partial charge in [0.05, 0.1) is 12.6 Å². The van der Waals surface area contributed by atoms with Crippen LogP contribution in [0.2, 0.25) is 0 Å². The van der Waals surface area contributed by atoms with Gasteiger partial charge < -0.3 is 15.4 Å². The SMILES string of the molecule is CCN(Cc1cccs1)C(=O)C(N)CCCOC. The number of hydrogen-bond donors (Lipinski definition) is 1. The number of likely N-dealkylation sites (N-methyl/N-ethyl adjacent to an activating group) is 1. The number of rotatable bonds is 8. The normalized spacial score (nSPS) is 12.4. The second-order valence-corrected chi connectivity index (χ2v) is 5.21. The van der Waals surface area contributed by atoms with Gasteiger partial charge in [-0.05, 0) is 31.2 Å². The predicted molar refractivity (Wildman–Crippen MR) is 74.5 cm³/mol. The molecule has 4 nitrogen and oxygen atoms in total. The first-order valence-corrected chi connectivity index (χ1v) is 7.12. The highest BCUT2D eigenvalue weighted by Crippen LogP contribution is 2.13. The molecule has 2 N–H and O–H groups in total. The zero-order chi connectivity index (χ0) is 13.4. The number of amides is 1. The van der Waals surface area contributed by atoms with Crippen molar-refractivity contribution in [1.82, 2.24) is 4.90 Å². The fourth-order valence-corrected chi connectivity index (χ4v) is 2.46.